The van der Waals surface area contributed by atoms with Gasteiger partial charge in [-0.2, -0.15) is 0 Å². The molecule has 1 N–H and O–H groups in total. The molecule has 0 bridgehead atoms. The molecule has 0 heterocycles. The first-order chi connectivity index (χ1) is 13.5. The second-order valence-electron chi connectivity index (χ2n) is 5.96. The number of nitrogens with one attached hydrogen (secondary N) is 1. The Hall–Kier alpha value is -3.22. The van der Waals surface area contributed by atoms with Gasteiger partial charge in [-0.3, -0.25) is 9.59 Å². The second kappa shape index (κ2) is 10.2. The Kier molecular flexibility index (Phi) is 7.68. The minimum Gasteiger partial charge on any atom is -0.497 e. The van der Waals surface area contributed by atoms with Crippen LogP contribution in [-0.4, -0.2) is 39.2 Å². The highest BCUT2D eigenvalue weighted by Gasteiger charge is 2.18. The number of methoxy groups -OCH3 is 2. The first-order valence-corrected chi connectivity index (χ1v) is 9.01. The van der Waals surface area contributed by atoms with E-state index in [2.05, 4.69) is 5.32 Å². The number of carbonyl (C=O) groups excluding carboxylic acids is 2. The van der Waals surface area contributed by atoms with Gasteiger partial charge in [0, 0.05) is 31.6 Å². The van der Waals surface area contributed by atoms with E-state index in [1.54, 1.807) is 49.6 Å². The lowest BCUT2D eigenvalue weighted by Gasteiger charge is -2.23. The summed E-state index contributed by atoms with van der Waals surface area (Å²) in [6.07, 6.45) is 0.132. The molecule has 0 aliphatic carbocycles. The van der Waals surface area contributed by atoms with Crippen LogP contribution < -0.4 is 24.4 Å². The summed E-state index contributed by atoms with van der Waals surface area (Å²) < 4.78 is 16.0. The van der Waals surface area contributed by atoms with Gasteiger partial charge in [0.25, 0.3) is 0 Å². The largest absolute Gasteiger partial charge is 0.497 e. The number of nitrogens with zero attached hydrogens (tertiary/aromatic N) is 1. The van der Waals surface area contributed by atoms with Crippen molar-refractivity contribution in [1.29, 1.82) is 0 Å². The van der Waals surface area contributed by atoms with E-state index in [0.717, 1.165) is 5.75 Å². The first kappa shape index (κ1) is 21.1. The molecule has 2 aromatic rings. The molecule has 0 aliphatic rings. The summed E-state index contributed by atoms with van der Waals surface area (Å²) in [7, 11) is 3.08. The monoisotopic (exact) mass is 386 g/mol. The Morgan fingerprint density at radius 1 is 1.00 bits per heavy atom. The number of anilines is 2. The third kappa shape index (κ3) is 5.64. The standard InChI is InChI=1S/C21H26N2O5/c1-5-28-17-8-6-16(7-9-17)22-21(25)12-13-23(15(2)24)19-14-18(26-3)10-11-20(19)27-4/h6-11,14H,5,12-13H2,1-4H3,(H,22,25). The lowest BCUT2D eigenvalue weighted by Crippen LogP contribution is -2.32. The number of hydrogen-bond donors (Lipinski definition) is 1. The van der Waals surface area contributed by atoms with Crippen molar-refractivity contribution in [2.24, 2.45) is 0 Å². The lowest BCUT2D eigenvalue weighted by molar-refractivity contribution is -0.117. The Balaban J connectivity index is 2.05. The zero-order chi connectivity index (χ0) is 20.5. The maximum absolute atomic E-state index is 12.3. The summed E-state index contributed by atoms with van der Waals surface area (Å²) in [6.45, 7) is 4.15. The molecule has 7 heteroatoms. The molecular formula is C21H26N2O5. The van der Waals surface area contributed by atoms with Crippen molar-refractivity contribution in [2.45, 2.75) is 20.3 Å². The normalized spacial score (nSPS) is 10.1. The van der Waals surface area contributed by atoms with Crippen LogP contribution in [0, 0.1) is 0 Å². The molecule has 0 unspecified atom stereocenters. The Bertz CT molecular complexity index is 805. The van der Waals surface area contributed by atoms with E-state index in [1.165, 1.54) is 18.9 Å². The lowest BCUT2D eigenvalue weighted by atomic mass is 10.2. The highest BCUT2D eigenvalue weighted by Crippen LogP contribution is 2.32. The predicted octanol–water partition coefficient (Wildman–Crippen LogP) is 3.48. The second-order valence-corrected chi connectivity index (χ2v) is 5.96. The van der Waals surface area contributed by atoms with Crippen LogP contribution >= 0.6 is 0 Å². The zero-order valence-electron chi connectivity index (χ0n) is 16.7. The third-order valence-corrected chi connectivity index (χ3v) is 4.07. The zero-order valence-corrected chi connectivity index (χ0v) is 16.7. The number of rotatable bonds is 9. The molecule has 0 saturated carbocycles. The molecule has 150 valence electrons. The quantitative estimate of drug-likeness (QED) is 0.714. The summed E-state index contributed by atoms with van der Waals surface area (Å²) in [5, 5.41) is 2.82. The molecule has 0 saturated heterocycles. The van der Waals surface area contributed by atoms with Gasteiger partial charge in [0.1, 0.15) is 17.2 Å². The molecule has 0 spiro atoms. The minimum atomic E-state index is -0.197. The van der Waals surface area contributed by atoms with Crippen LogP contribution in [0.2, 0.25) is 0 Å². The summed E-state index contributed by atoms with van der Waals surface area (Å²) in [5.74, 6) is 1.48. The summed E-state index contributed by atoms with van der Waals surface area (Å²) in [6, 6.07) is 12.3. The number of benzene rings is 2. The number of carbonyl (C=O) groups is 2. The van der Waals surface area contributed by atoms with Crippen LogP contribution in [0.3, 0.4) is 0 Å². The fraction of sp³-hybridized carbons (Fsp3) is 0.333. The molecular weight excluding hydrogens is 360 g/mol. The summed E-state index contributed by atoms with van der Waals surface area (Å²) >= 11 is 0. The van der Waals surface area contributed by atoms with Crippen LogP contribution in [0.25, 0.3) is 0 Å². The van der Waals surface area contributed by atoms with E-state index in [0.29, 0.717) is 29.5 Å². The molecule has 2 amide bonds. The Morgan fingerprint density at radius 2 is 1.68 bits per heavy atom. The van der Waals surface area contributed by atoms with Crippen molar-refractivity contribution in [1.82, 2.24) is 0 Å². The molecule has 0 aliphatic heterocycles. The fourth-order valence-corrected chi connectivity index (χ4v) is 2.69. The molecule has 0 aromatic heterocycles. The molecule has 0 radical (unpaired) electrons. The maximum Gasteiger partial charge on any atom is 0.226 e. The molecule has 7 nitrogen and oxygen atoms in total. The van der Waals surface area contributed by atoms with E-state index in [-0.39, 0.29) is 24.8 Å². The van der Waals surface area contributed by atoms with Crippen molar-refractivity contribution in [3.8, 4) is 17.2 Å². The smallest absolute Gasteiger partial charge is 0.226 e. The van der Waals surface area contributed by atoms with Crippen LogP contribution in [0.15, 0.2) is 42.5 Å². The summed E-state index contributed by atoms with van der Waals surface area (Å²) in [5.41, 5.74) is 1.23. The molecule has 28 heavy (non-hydrogen) atoms. The highest BCUT2D eigenvalue weighted by molar-refractivity contribution is 5.96. The minimum absolute atomic E-state index is 0.132. The Labute approximate surface area is 165 Å². The fourth-order valence-electron chi connectivity index (χ4n) is 2.69. The van der Waals surface area contributed by atoms with Crippen LogP contribution in [-0.2, 0) is 9.59 Å². The summed E-state index contributed by atoms with van der Waals surface area (Å²) in [4.78, 5) is 26.0. The Morgan fingerprint density at radius 3 is 2.25 bits per heavy atom. The van der Waals surface area contributed by atoms with Crippen molar-refractivity contribution >= 4 is 23.2 Å². The van der Waals surface area contributed by atoms with E-state index in [9.17, 15) is 9.59 Å². The van der Waals surface area contributed by atoms with E-state index >= 15 is 0 Å². The van der Waals surface area contributed by atoms with Crippen molar-refractivity contribution in [3.05, 3.63) is 42.5 Å². The molecule has 2 rings (SSSR count). The number of hydrogen-bond acceptors (Lipinski definition) is 5. The van der Waals surface area contributed by atoms with E-state index < -0.39 is 0 Å². The van der Waals surface area contributed by atoms with Gasteiger partial charge < -0.3 is 24.4 Å². The van der Waals surface area contributed by atoms with Gasteiger partial charge in [0.15, 0.2) is 0 Å². The number of ether oxygens (including phenoxy) is 3. The van der Waals surface area contributed by atoms with Gasteiger partial charge in [0.05, 0.1) is 26.5 Å². The van der Waals surface area contributed by atoms with E-state index in [1.807, 2.05) is 6.92 Å². The average Bonchev–Trinajstić information content (AvgIpc) is 2.69. The van der Waals surface area contributed by atoms with Gasteiger partial charge in [0.2, 0.25) is 11.8 Å². The van der Waals surface area contributed by atoms with Crippen LogP contribution in [0.4, 0.5) is 11.4 Å². The van der Waals surface area contributed by atoms with Gasteiger partial charge in [-0.1, -0.05) is 0 Å². The molecule has 2 aromatic carbocycles. The van der Waals surface area contributed by atoms with E-state index in [4.69, 9.17) is 14.2 Å². The number of amides is 2. The van der Waals surface area contributed by atoms with Crippen molar-refractivity contribution < 1.29 is 23.8 Å². The van der Waals surface area contributed by atoms with Crippen molar-refractivity contribution in [2.75, 3.05) is 37.6 Å². The SMILES string of the molecule is CCOc1ccc(NC(=O)CCN(C(C)=O)c2cc(OC)ccc2OC)cc1. The predicted molar refractivity (Wildman–Crippen MR) is 108 cm³/mol. The molecule has 0 fully saturated rings. The van der Waals surface area contributed by atoms with Gasteiger partial charge in [-0.05, 0) is 43.3 Å². The van der Waals surface area contributed by atoms with Crippen molar-refractivity contribution in [3.63, 3.8) is 0 Å². The van der Waals surface area contributed by atoms with Gasteiger partial charge >= 0.3 is 0 Å². The van der Waals surface area contributed by atoms with Crippen LogP contribution in [0.1, 0.15) is 20.3 Å². The topological polar surface area (TPSA) is 77.1 Å². The average molecular weight is 386 g/mol. The van der Waals surface area contributed by atoms with Gasteiger partial charge in [-0.25, -0.2) is 0 Å². The highest BCUT2D eigenvalue weighted by atomic mass is 16.5. The molecule has 0 atom stereocenters. The maximum atomic E-state index is 12.3. The van der Waals surface area contributed by atoms with Gasteiger partial charge in [-0.15, -0.1) is 0 Å². The first-order valence-electron chi connectivity index (χ1n) is 9.01. The third-order valence-electron chi connectivity index (χ3n) is 4.07. The van der Waals surface area contributed by atoms with Crippen LogP contribution in [0.5, 0.6) is 17.2 Å².